The van der Waals surface area contributed by atoms with Crippen LogP contribution >= 0.6 is 0 Å². The van der Waals surface area contributed by atoms with Gasteiger partial charge in [0.2, 0.25) is 0 Å². The molecule has 2 saturated carbocycles. The Hall–Kier alpha value is -1.59. The van der Waals surface area contributed by atoms with E-state index in [-0.39, 0.29) is 18.2 Å². The number of aliphatic hydroxyl groups is 2. The number of amides is 1. The molecule has 3 atom stereocenters. The van der Waals surface area contributed by atoms with E-state index in [2.05, 4.69) is 10.6 Å². The van der Waals surface area contributed by atoms with Gasteiger partial charge in [0.15, 0.2) is 0 Å². The average molecular weight is 442 g/mol. The van der Waals surface area contributed by atoms with Gasteiger partial charge in [-0.1, -0.05) is 0 Å². The monoisotopic (exact) mass is 442 g/mol. The van der Waals surface area contributed by atoms with Crippen molar-refractivity contribution >= 4 is 12.1 Å². The van der Waals surface area contributed by atoms with Gasteiger partial charge in [0.25, 0.3) is 0 Å². The Kier molecular flexibility index (Phi) is 9.83. The number of alkyl carbamates (subject to hydrolysis) is 1. The Morgan fingerprint density at radius 2 is 1.33 bits per heavy atom. The fourth-order valence-corrected chi connectivity index (χ4v) is 3.49. The third-order valence-corrected chi connectivity index (χ3v) is 4.94. The molecule has 0 saturated heterocycles. The molecule has 0 aromatic carbocycles. The highest BCUT2D eigenvalue weighted by Crippen LogP contribution is 2.24. The third-order valence-electron chi connectivity index (χ3n) is 4.94. The summed E-state index contributed by atoms with van der Waals surface area (Å²) in [5.74, 6) is -2.76. The molecule has 5 N–H and O–H groups in total. The Morgan fingerprint density at radius 3 is 1.77 bits per heavy atom. The number of aliphatic carboxylic acids is 1. The molecule has 176 valence electrons. The zero-order chi connectivity index (χ0) is 23.1. The van der Waals surface area contributed by atoms with Crippen LogP contribution in [-0.2, 0) is 9.53 Å². The van der Waals surface area contributed by atoms with E-state index in [0.717, 1.165) is 32.1 Å². The predicted octanol–water partition coefficient (Wildman–Crippen LogP) is 2.32. The zero-order valence-electron chi connectivity index (χ0n) is 17.5. The Morgan fingerprint density at radius 1 is 0.867 bits per heavy atom. The number of hydrogen-bond donors (Lipinski definition) is 5. The Bertz CT molecular complexity index is 559. The number of nitrogens with one attached hydrogen (secondary N) is 2. The molecule has 1 unspecified atom stereocenters. The van der Waals surface area contributed by atoms with Gasteiger partial charge in [0.1, 0.15) is 5.60 Å². The molecule has 0 radical (unpaired) electrons. The maximum atomic E-state index is 11.8. The van der Waals surface area contributed by atoms with E-state index in [1.165, 1.54) is 0 Å². The van der Waals surface area contributed by atoms with Crippen molar-refractivity contribution in [3.8, 4) is 0 Å². The molecule has 0 bridgehead atoms. The summed E-state index contributed by atoms with van der Waals surface area (Å²) in [5.41, 5.74) is -0.463. The first-order valence-electron chi connectivity index (χ1n) is 10.1. The summed E-state index contributed by atoms with van der Waals surface area (Å²) in [7, 11) is 0. The molecule has 2 aliphatic carbocycles. The summed E-state index contributed by atoms with van der Waals surface area (Å²) < 4.78 is 37.0. The van der Waals surface area contributed by atoms with Gasteiger partial charge in [-0.15, -0.1) is 0 Å². The van der Waals surface area contributed by atoms with Gasteiger partial charge in [-0.3, -0.25) is 0 Å². The first-order chi connectivity index (χ1) is 13.7. The Labute approximate surface area is 174 Å². The second-order valence-corrected chi connectivity index (χ2v) is 8.81. The van der Waals surface area contributed by atoms with E-state index in [1.807, 2.05) is 20.8 Å². The largest absolute Gasteiger partial charge is 0.490 e. The van der Waals surface area contributed by atoms with Gasteiger partial charge in [0.05, 0.1) is 12.2 Å². The molecule has 0 aliphatic heterocycles. The number of hydrogen-bond acceptors (Lipinski definition) is 6. The average Bonchev–Trinajstić information content (AvgIpc) is 2.58. The summed E-state index contributed by atoms with van der Waals surface area (Å²) in [6.07, 6.45) is -0.499. The molecule has 2 fully saturated rings. The maximum absolute atomic E-state index is 11.8. The van der Waals surface area contributed by atoms with Crippen molar-refractivity contribution in [3.05, 3.63) is 0 Å². The standard InChI is InChI=1S/C17H32N2O4.C2HF3O2/c1-17(2,3)23-16(22)19-12-6-4-11(5-7-12)18-13-8-9-14(20)15(21)10-13;3-2(4,5)1(6)7/h11-15,18,20-21H,4-10H2,1-3H3,(H,19,22);(H,6,7)/t11?,12?,13?,14-,15+;/m1./s1. The molecule has 0 heterocycles. The number of carbonyl (C=O) groups is 2. The van der Waals surface area contributed by atoms with E-state index in [1.54, 1.807) is 0 Å². The molecule has 0 spiro atoms. The fraction of sp³-hybridized carbons (Fsp3) is 0.895. The van der Waals surface area contributed by atoms with Gasteiger partial charge in [0, 0.05) is 18.1 Å². The van der Waals surface area contributed by atoms with Crippen LogP contribution in [0.4, 0.5) is 18.0 Å². The summed E-state index contributed by atoms with van der Waals surface area (Å²) in [6, 6.07) is 0.898. The van der Waals surface area contributed by atoms with Crippen LogP contribution < -0.4 is 10.6 Å². The van der Waals surface area contributed by atoms with Crippen molar-refractivity contribution in [2.75, 3.05) is 0 Å². The fourth-order valence-electron chi connectivity index (χ4n) is 3.49. The van der Waals surface area contributed by atoms with Crippen molar-refractivity contribution in [1.29, 1.82) is 0 Å². The van der Waals surface area contributed by atoms with Crippen LogP contribution in [0, 0.1) is 0 Å². The van der Waals surface area contributed by atoms with E-state index in [4.69, 9.17) is 14.6 Å². The molecule has 11 heteroatoms. The molecule has 2 aliphatic rings. The summed E-state index contributed by atoms with van der Waals surface area (Å²) in [6.45, 7) is 5.59. The number of alkyl halides is 3. The summed E-state index contributed by atoms with van der Waals surface area (Å²) >= 11 is 0. The quantitative estimate of drug-likeness (QED) is 0.454. The molecular weight excluding hydrogens is 409 g/mol. The summed E-state index contributed by atoms with van der Waals surface area (Å²) in [5, 5.41) is 33.0. The lowest BCUT2D eigenvalue weighted by Crippen LogP contribution is -2.49. The minimum absolute atomic E-state index is 0.182. The number of carboxylic acid groups (broad SMARTS) is 1. The zero-order valence-corrected chi connectivity index (χ0v) is 17.5. The molecule has 2 rings (SSSR count). The van der Waals surface area contributed by atoms with Crippen molar-refractivity contribution in [2.45, 2.75) is 108 Å². The lowest BCUT2D eigenvalue weighted by Gasteiger charge is -2.36. The highest BCUT2D eigenvalue weighted by Gasteiger charge is 2.38. The number of halogens is 3. The number of carbonyl (C=O) groups excluding carboxylic acids is 1. The predicted molar refractivity (Wildman–Crippen MR) is 102 cm³/mol. The van der Waals surface area contributed by atoms with Crippen LogP contribution in [0.3, 0.4) is 0 Å². The second kappa shape index (κ2) is 11.1. The third kappa shape index (κ3) is 10.4. The normalized spacial score (nSPS) is 29.9. The molecule has 0 aromatic rings. The van der Waals surface area contributed by atoms with Crippen LogP contribution in [0.25, 0.3) is 0 Å². The van der Waals surface area contributed by atoms with E-state index in [9.17, 15) is 28.2 Å². The molecule has 30 heavy (non-hydrogen) atoms. The van der Waals surface area contributed by atoms with E-state index >= 15 is 0 Å². The highest BCUT2D eigenvalue weighted by atomic mass is 19.4. The lowest BCUT2D eigenvalue weighted by atomic mass is 9.87. The van der Waals surface area contributed by atoms with Gasteiger partial charge in [-0.25, -0.2) is 9.59 Å². The minimum Gasteiger partial charge on any atom is -0.475 e. The van der Waals surface area contributed by atoms with Gasteiger partial charge < -0.3 is 30.7 Å². The van der Waals surface area contributed by atoms with Crippen LogP contribution in [0.15, 0.2) is 0 Å². The van der Waals surface area contributed by atoms with Gasteiger partial charge in [-0.2, -0.15) is 13.2 Å². The number of ether oxygens (including phenoxy) is 1. The van der Waals surface area contributed by atoms with Crippen LogP contribution in [0.1, 0.15) is 65.7 Å². The van der Waals surface area contributed by atoms with Crippen LogP contribution in [0.2, 0.25) is 0 Å². The topological polar surface area (TPSA) is 128 Å². The SMILES string of the molecule is CC(C)(C)OC(=O)NC1CCC(NC2CC[C@@H](O)[C@@H](O)C2)CC1.O=C(O)C(F)(F)F. The van der Waals surface area contributed by atoms with Gasteiger partial charge in [-0.05, 0) is 65.7 Å². The number of carboxylic acids is 1. The first kappa shape index (κ1) is 26.4. The van der Waals surface area contributed by atoms with Crippen molar-refractivity contribution in [1.82, 2.24) is 10.6 Å². The van der Waals surface area contributed by atoms with E-state index in [0.29, 0.717) is 18.9 Å². The molecule has 1 amide bonds. The second-order valence-electron chi connectivity index (χ2n) is 8.81. The summed E-state index contributed by atoms with van der Waals surface area (Å²) in [4.78, 5) is 20.7. The van der Waals surface area contributed by atoms with Crippen molar-refractivity contribution < 1.29 is 42.8 Å². The Balaban J connectivity index is 0.000000553. The molecular formula is C19H33F3N2O6. The van der Waals surface area contributed by atoms with Crippen LogP contribution in [-0.4, -0.2) is 69.5 Å². The minimum atomic E-state index is -5.08. The van der Waals surface area contributed by atoms with Crippen LogP contribution in [0.5, 0.6) is 0 Å². The number of rotatable bonds is 3. The van der Waals surface area contributed by atoms with Crippen molar-refractivity contribution in [3.63, 3.8) is 0 Å². The maximum Gasteiger partial charge on any atom is 0.490 e. The molecule has 0 aromatic heterocycles. The number of aliphatic hydroxyl groups excluding tert-OH is 2. The van der Waals surface area contributed by atoms with Crippen molar-refractivity contribution in [2.24, 2.45) is 0 Å². The molecule has 8 nitrogen and oxygen atoms in total. The highest BCUT2D eigenvalue weighted by molar-refractivity contribution is 5.73. The first-order valence-corrected chi connectivity index (χ1v) is 10.1. The van der Waals surface area contributed by atoms with Gasteiger partial charge >= 0.3 is 18.2 Å². The smallest absolute Gasteiger partial charge is 0.475 e. The lowest BCUT2D eigenvalue weighted by molar-refractivity contribution is -0.192. The van der Waals surface area contributed by atoms with E-state index < -0.39 is 30.0 Å².